The standard InChI is InChI=1S/C16H10N4OS2/c21-15(19-16-20-17-9-23-16)11-8-13(14-6-3-7-22-14)18-12-5-2-1-4-10(11)12/h1-9H,(H,19,20,21). The van der Waals surface area contributed by atoms with Gasteiger partial charge in [0.2, 0.25) is 5.13 Å². The van der Waals surface area contributed by atoms with Crippen molar-refractivity contribution in [3.8, 4) is 10.6 Å². The number of thiophene rings is 1. The number of hydrogen-bond acceptors (Lipinski definition) is 6. The number of hydrogen-bond donors (Lipinski definition) is 1. The van der Waals surface area contributed by atoms with Crippen molar-refractivity contribution in [3.63, 3.8) is 0 Å². The molecule has 0 saturated heterocycles. The van der Waals surface area contributed by atoms with Crippen LogP contribution in [0.3, 0.4) is 0 Å². The first kappa shape index (κ1) is 14.0. The molecular weight excluding hydrogens is 328 g/mol. The number of anilines is 1. The van der Waals surface area contributed by atoms with Gasteiger partial charge in [0.15, 0.2) is 0 Å². The number of pyridine rings is 1. The van der Waals surface area contributed by atoms with Gasteiger partial charge in [0.05, 0.1) is 21.7 Å². The van der Waals surface area contributed by atoms with E-state index >= 15 is 0 Å². The van der Waals surface area contributed by atoms with E-state index in [4.69, 9.17) is 0 Å². The fraction of sp³-hybridized carbons (Fsp3) is 0. The Kier molecular flexibility index (Phi) is 3.57. The second-order valence-corrected chi connectivity index (χ2v) is 6.53. The number of carbonyl (C=O) groups excluding carboxylic acids is 1. The number of rotatable bonds is 3. The average Bonchev–Trinajstić information content (AvgIpc) is 3.27. The van der Waals surface area contributed by atoms with Crippen molar-refractivity contribution < 1.29 is 4.79 Å². The van der Waals surface area contributed by atoms with E-state index in [1.54, 1.807) is 16.8 Å². The molecule has 1 N–H and O–H groups in total. The van der Waals surface area contributed by atoms with Crippen LogP contribution in [0.15, 0.2) is 53.4 Å². The third-order valence-electron chi connectivity index (χ3n) is 3.31. The molecule has 0 fully saturated rings. The van der Waals surface area contributed by atoms with Crippen LogP contribution in [0.5, 0.6) is 0 Å². The van der Waals surface area contributed by atoms with Gasteiger partial charge in [-0.2, -0.15) is 0 Å². The largest absolute Gasteiger partial charge is 0.296 e. The van der Waals surface area contributed by atoms with Gasteiger partial charge in [-0.15, -0.1) is 21.5 Å². The molecule has 4 aromatic rings. The number of nitrogens with zero attached hydrogens (tertiary/aromatic N) is 3. The SMILES string of the molecule is O=C(Nc1nncs1)c1cc(-c2cccs2)nc2ccccc12. The van der Waals surface area contributed by atoms with E-state index in [0.717, 1.165) is 21.5 Å². The number of carbonyl (C=O) groups is 1. The summed E-state index contributed by atoms with van der Waals surface area (Å²) in [6.45, 7) is 0. The van der Waals surface area contributed by atoms with Crippen molar-refractivity contribution in [1.29, 1.82) is 0 Å². The van der Waals surface area contributed by atoms with E-state index in [1.807, 2.05) is 47.8 Å². The topological polar surface area (TPSA) is 67.8 Å². The summed E-state index contributed by atoms with van der Waals surface area (Å²) in [4.78, 5) is 18.3. The molecule has 0 aliphatic heterocycles. The van der Waals surface area contributed by atoms with E-state index in [2.05, 4.69) is 20.5 Å². The zero-order valence-electron chi connectivity index (χ0n) is 11.8. The van der Waals surface area contributed by atoms with Gasteiger partial charge in [0.25, 0.3) is 5.91 Å². The second-order valence-electron chi connectivity index (χ2n) is 4.75. The molecule has 0 unspecified atom stereocenters. The quantitative estimate of drug-likeness (QED) is 0.611. The molecule has 3 aromatic heterocycles. The first-order valence-corrected chi connectivity index (χ1v) is 8.58. The van der Waals surface area contributed by atoms with Crippen molar-refractivity contribution in [2.45, 2.75) is 0 Å². The van der Waals surface area contributed by atoms with E-state index in [0.29, 0.717) is 10.7 Å². The summed E-state index contributed by atoms with van der Waals surface area (Å²) in [5, 5.41) is 13.7. The van der Waals surface area contributed by atoms with Gasteiger partial charge in [0.1, 0.15) is 5.51 Å². The molecule has 0 bridgehead atoms. The Morgan fingerprint density at radius 3 is 2.78 bits per heavy atom. The molecule has 1 aromatic carbocycles. The van der Waals surface area contributed by atoms with Crippen LogP contribution in [0.2, 0.25) is 0 Å². The van der Waals surface area contributed by atoms with Crippen molar-refractivity contribution in [3.05, 3.63) is 58.9 Å². The van der Waals surface area contributed by atoms with Gasteiger partial charge in [-0.1, -0.05) is 35.6 Å². The van der Waals surface area contributed by atoms with Crippen molar-refractivity contribution >= 4 is 44.6 Å². The highest BCUT2D eigenvalue weighted by Gasteiger charge is 2.15. The lowest BCUT2D eigenvalue weighted by Crippen LogP contribution is -2.13. The number of amides is 1. The van der Waals surface area contributed by atoms with Gasteiger partial charge in [-0.05, 0) is 23.6 Å². The third-order valence-corrected chi connectivity index (χ3v) is 4.81. The number of benzene rings is 1. The van der Waals surface area contributed by atoms with Crippen LogP contribution in [0.25, 0.3) is 21.5 Å². The highest BCUT2D eigenvalue weighted by Crippen LogP contribution is 2.28. The maximum absolute atomic E-state index is 12.7. The summed E-state index contributed by atoms with van der Waals surface area (Å²) in [5.41, 5.74) is 3.74. The van der Waals surface area contributed by atoms with Gasteiger partial charge >= 0.3 is 0 Å². The minimum Gasteiger partial charge on any atom is -0.296 e. The first-order valence-electron chi connectivity index (χ1n) is 6.82. The van der Waals surface area contributed by atoms with E-state index in [9.17, 15) is 4.79 Å². The number of aromatic nitrogens is 3. The molecular formula is C16H10N4OS2. The molecule has 1 amide bonds. The summed E-state index contributed by atoms with van der Waals surface area (Å²) in [7, 11) is 0. The minimum absolute atomic E-state index is 0.210. The Labute approximate surface area is 139 Å². The monoisotopic (exact) mass is 338 g/mol. The van der Waals surface area contributed by atoms with E-state index in [-0.39, 0.29) is 5.91 Å². The second kappa shape index (κ2) is 5.86. The molecule has 0 spiro atoms. The van der Waals surface area contributed by atoms with E-state index < -0.39 is 0 Å². The van der Waals surface area contributed by atoms with Crippen LogP contribution in [0.4, 0.5) is 5.13 Å². The highest BCUT2D eigenvalue weighted by atomic mass is 32.1. The Morgan fingerprint density at radius 1 is 1.09 bits per heavy atom. The average molecular weight is 338 g/mol. The number of fused-ring (bicyclic) bond motifs is 1. The first-order chi connectivity index (χ1) is 11.3. The molecule has 0 aliphatic rings. The van der Waals surface area contributed by atoms with Crippen molar-refractivity contribution in [1.82, 2.24) is 15.2 Å². The van der Waals surface area contributed by atoms with Crippen molar-refractivity contribution in [2.24, 2.45) is 0 Å². The predicted octanol–water partition coefficient (Wildman–Crippen LogP) is 4.07. The van der Waals surface area contributed by atoms with Crippen LogP contribution < -0.4 is 5.32 Å². The number of para-hydroxylation sites is 1. The summed E-state index contributed by atoms with van der Waals surface area (Å²) in [6, 6.07) is 13.4. The van der Waals surface area contributed by atoms with Gasteiger partial charge < -0.3 is 0 Å². The lowest BCUT2D eigenvalue weighted by molar-refractivity contribution is 0.102. The minimum atomic E-state index is -0.210. The summed E-state index contributed by atoms with van der Waals surface area (Å²) in [6.07, 6.45) is 0. The molecule has 0 saturated carbocycles. The molecule has 4 rings (SSSR count). The van der Waals surface area contributed by atoms with Gasteiger partial charge in [-0.3, -0.25) is 10.1 Å². The Morgan fingerprint density at radius 2 is 2.00 bits per heavy atom. The molecule has 0 radical (unpaired) electrons. The van der Waals surface area contributed by atoms with Crippen LogP contribution in [0, 0.1) is 0 Å². The number of nitrogens with one attached hydrogen (secondary N) is 1. The van der Waals surface area contributed by atoms with Crippen LogP contribution >= 0.6 is 22.7 Å². The molecule has 0 aliphatic carbocycles. The molecule has 5 nitrogen and oxygen atoms in total. The Hall–Kier alpha value is -2.64. The molecule has 23 heavy (non-hydrogen) atoms. The smallest absolute Gasteiger partial charge is 0.258 e. The van der Waals surface area contributed by atoms with Gasteiger partial charge in [-0.25, -0.2) is 4.98 Å². The van der Waals surface area contributed by atoms with Gasteiger partial charge in [0, 0.05) is 5.39 Å². The molecule has 7 heteroatoms. The van der Waals surface area contributed by atoms with Crippen LogP contribution in [-0.4, -0.2) is 21.1 Å². The predicted molar refractivity (Wildman–Crippen MR) is 92.9 cm³/mol. The zero-order chi connectivity index (χ0) is 15.6. The lowest BCUT2D eigenvalue weighted by atomic mass is 10.1. The fourth-order valence-corrected chi connectivity index (χ4v) is 3.43. The maximum atomic E-state index is 12.7. The summed E-state index contributed by atoms with van der Waals surface area (Å²) in [5.74, 6) is -0.210. The van der Waals surface area contributed by atoms with Crippen molar-refractivity contribution in [2.75, 3.05) is 5.32 Å². The Bertz CT molecular complexity index is 965. The molecule has 112 valence electrons. The summed E-state index contributed by atoms with van der Waals surface area (Å²) >= 11 is 2.88. The highest BCUT2D eigenvalue weighted by molar-refractivity contribution is 7.13. The fourth-order valence-electron chi connectivity index (χ4n) is 2.31. The van der Waals surface area contributed by atoms with Crippen LogP contribution in [-0.2, 0) is 0 Å². The lowest BCUT2D eigenvalue weighted by Gasteiger charge is -2.08. The normalized spacial score (nSPS) is 10.8. The zero-order valence-corrected chi connectivity index (χ0v) is 13.4. The Balaban J connectivity index is 1.85. The maximum Gasteiger partial charge on any atom is 0.258 e. The van der Waals surface area contributed by atoms with Crippen LogP contribution in [0.1, 0.15) is 10.4 Å². The van der Waals surface area contributed by atoms with E-state index in [1.165, 1.54) is 11.3 Å². The summed E-state index contributed by atoms with van der Waals surface area (Å²) < 4.78 is 0. The molecule has 3 heterocycles. The third kappa shape index (κ3) is 2.71. The molecule has 0 atom stereocenters.